The summed E-state index contributed by atoms with van der Waals surface area (Å²) < 4.78 is 16.5. The summed E-state index contributed by atoms with van der Waals surface area (Å²) in [6, 6.07) is 5.70. The first-order valence-corrected chi connectivity index (χ1v) is 12.5. The Bertz CT molecular complexity index is 1060. The van der Waals surface area contributed by atoms with Gasteiger partial charge < -0.3 is 29.4 Å². The first-order valence-electron chi connectivity index (χ1n) is 11.1. The van der Waals surface area contributed by atoms with E-state index in [1.54, 1.807) is 24.3 Å². The van der Waals surface area contributed by atoms with Gasteiger partial charge in [0.2, 0.25) is 0 Å². The number of carboxylic acids is 1. The third kappa shape index (κ3) is 6.45. The number of nitrogens with zero attached hydrogens (tertiary/aromatic N) is 1. The number of fused-ring (bicyclic) bond motifs is 1. The van der Waals surface area contributed by atoms with Crippen LogP contribution in [0.5, 0.6) is 0 Å². The van der Waals surface area contributed by atoms with Gasteiger partial charge in [-0.2, -0.15) is 0 Å². The molecule has 1 N–H and O–H groups in total. The molecule has 2 unspecified atom stereocenters. The number of hydrogen-bond donors (Lipinski definition) is 1. The molecular weight excluding hydrogens is 523 g/mol. The van der Waals surface area contributed by atoms with Gasteiger partial charge >= 0.3 is 35.5 Å². The van der Waals surface area contributed by atoms with Gasteiger partial charge in [-0.3, -0.25) is 19.3 Å². The van der Waals surface area contributed by atoms with Crippen LogP contribution in [0, 0.1) is 0 Å². The number of ether oxygens (including phenoxy) is 3. The molecular formula is C23H24ClN2NaO8S. The number of carbonyl (C=O) groups excluding carboxylic acids is 4. The van der Waals surface area contributed by atoms with E-state index in [4.69, 9.17) is 25.8 Å². The maximum atomic E-state index is 13.3. The van der Waals surface area contributed by atoms with E-state index in [9.17, 15) is 24.3 Å². The van der Waals surface area contributed by atoms with Gasteiger partial charge in [0.15, 0.2) is 12.4 Å². The number of hydrogen-bond acceptors (Lipinski definition) is 9. The SMILES string of the molecule is CC(=O)OCC1=C(C(=O)[O-])N2C(=O)[C@H](NC(=O)C(OC3CCCCO3)c3cccc(Cl)c3)[C@H]2SC1.[Na+]. The van der Waals surface area contributed by atoms with E-state index in [0.717, 1.165) is 17.7 Å². The van der Waals surface area contributed by atoms with Crippen molar-refractivity contribution in [3.05, 3.63) is 46.1 Å². The summed E-state index contributed by atoms with van der Waals surface area (Å²) >= 11 is 7.38. The average Bonchev–Trinajstić information content (AvgIpc) is 2.84. The zero-order valence-corrected chi connectivity index (χ0v) is 23.4. The number of rotatable bonds is 8. The molecule has 0 aromatic heterocycles. The van der Waals surface area contributed by atoms with E-state index >= 15 is 0 Å². The molecule has 3 aliphatic rings. The van der Waals surface area contributed by atoms with Gasteiger partial charge in [0.05, 0.1) is 11.7 Å². The standard InChI is InChI=1S/C23H25ClN2O8S.Na/c1-12(27)33-10-14-11-35-22-17(21(29)26(22)18(14)23(30)31)25-20(28)19(13-5-4-6-15(24)9-13)34-16-7-2-3-8-32-16;/h4-6,9,16-17,19,22H,2-3,7-8,10-11H2,1H3,(H,25,28)(H,30,31);/q;+1/p-1/t16?,17-,19?,22+;/m0./s1. The second-order valence-electron chi connectivity index (χ2n) is 8.28. The Morgan fingerprint density at radius 1 is 1.33 bits per heavy atom. The first-order chi connectivity index (χ1) is 16.8. The minimum Gasteiger partial charge on any atom is -0.543 e. The van der Waals surface area contributed by atoms with E-state index in [0.29, 0.717) is 23.6 Å². The monoisotopic (exact) mass is 546 g/mol. The van der Waals surface area contributed by atoms with Gasteiger partial charge in [-0.15, -0.1) is 11.8 Å². The smallest absolute Gasteiger partial charge is 0.543 e. The number of carbonyl (C=O) groups is 4. The maximum absolute atomic E-state index is 13.3. The Labute approximate surface area is 239 Å². The van der Waals surface area contributed by atoms with Crippen molar-refractivity contribution in [1.29, 1.82) is 0 Å². The molecule has 0 bridgehead atoms. The second kappa shape index (κ2) is 12.8. The van der Waals surface area contributed by atoms with Gasteiger partial charge in [-0.1, -0.05) is 23.7 Å². The summed E-state index contributed by atoms with van der Waals surface area (Å²) in [5.41, 5.74) is 0.431. The number of carboxylic acid groups (broad SMARTS) is 1. The maximum Gasteiger partial charge on any atom is 1.00 e. The van der Waals surface area contributed by atoms with Crippen molar-refractivity contribution >= 4 is 47.1 Å². The molecule has 1 aromatic carbocycles. The Kier molecular flexibility index (Phi) is 10.3. The molecule has 3 aliphatic heterocycles. The number of amides is 2. The largest absolute Gasteiger partial charge is 1.00 e. The molecule has 0 saturated carbocycles. The van der Waals surface area contributed by atoms with Crippen LogP contribution in [0.3, 0.4) is 0 Å². The van der Waals surface area contributed by atoms with E-state index < -0.39 is 47.6 Å². The molecule has 2 saturated heterocycles. The molecule has 13 heteroatoms. The third-order valence-corrected chi connectivity index (χ3v) is 7.38. The Morgan fingerprint density at radius 3 is 2.75 bits per heavy atom. The zero-order chi connectivity index (χ0) is 25.1. The van der Waals surface area contributed by atoms with Gasteiger partial charge in [0.25, 0.3) is 11.8 Å². The fourth-order valence-corrected chi connectivity index (χ4v) is 5.66. The van der Waals surface area contributed by atoms with E-state index in [-0.39, 0.29) is 53.2 Å². The van der Waals surface area contributed by atoms with Crippen LogP contribution in [-0.2, 0) is 33.4 Å². The van der Waals surface area contributed by atoms with Crippen LogP contribution in [-0.4, -0.2) is 65.3 Å². The topological polar surface area (TPSA) is 134 Å². The molecule has 0 spiro atoms. The first kappa shape index (κ1) is 29.0. The van der Waals surface area contributed by atoms with Crippen molar-refractivity contribution in [2.75, 3.05) is 19.0 Å². The van der Waals surface area contributed by atoms with Gasteiger partial charge in [-0.25, -0.2) is 0 Å². The van der Waals surface area contributed by atoms with Gasteiger partial charge in [0.1, 0.15) is 18.0 Å². The summed E-state index contributed by atoms with van der Waals surface area (Å²) in [7, 11) is 0. The van der Waals surface area contributed by atoms with Crippen LogP contribution in [0.2, 0.25) is 5.02 Å². The van der Waals surface area contributed by atoms with Crippen molar-refractivity contribution in [3.63, 3.8) is 0 Å². The molecule has 3 heterocycles. The van der Waals surface area contributed by atoms with Crippen LogP contribution in [0.1, 0.15) is 37.9 Å². The van der Waals surface area contributed by atoms with Crippen molar-refractivity contribution in [1.82, 2.24) is 10.2 Å². The van der Waals surface area contributed by atoms with E-state index in [1.807, 2.05) is 0 Å². The van der Waals surface area contributed by atoms with Gasteiger partial charge in [0, 0.05) is 29.9 Å². The molecule has 0 radical (unpaired) electrons. The van der Waals surface area contributed by atoms with Crippen LogP contribution >= 0.6 is 23.4 Å². The molecule has 188 valence electrons. The molecule has 36 heavy (non-hydrogen) atoms. The van der Waals surface area contributed by atoms with Crippen LogP contribution in [0.4, 0.5) is 0 Å². The summed E-state index contributed by atoms with van der Waals surface area (Å²) in [5.74, 6) is -3.10. The van der Waals surface area contributed by atoms with E-state index in [2.05, 4.69) is 5.32 Å². The Hall–Kier alpha value is -1.60. The van der Waals surface area contributed by atoms with Crippen molar-refractivity contribution < 1.29 is 68.1 Å². The van der Waals surface area contributed by atoms with Crippen LogP contribution in [0.25, 0.3) is 0 Å². The summed E-state index contributed by atoms with van der Waals surface area (Å²) in [5, 5.41) is 14.3. The average molecular weight is 547 g/mol. The van der Waals surface area contributed by atoms with Crippen molar-refractivity contribution in [2.45, 2.75) is 50.0 Å². The van der Waals surface area contributed by atoms with Crippen LogP contribution in [0.15, 0.2) is 35.5 Å². The fraction of sp³-hybridized carbons (Fsp3) is 0.478. The quantitative estimate of drug-likeness (QED) is 0.221. The number of esters is 1. The van der Waals surface area contributed by atoms with Crippen molar-refractivity contribution in [2.24, 2.45) is 0 Å². The molecule has 2 fully saturated rings. The third-order valence-electron chi connectivity index (χ3n) is 5.80. The predicted molar refractivity (Wildman–Crippen MR) is 123 cm³/mol. The van der Waals surface area contributed by atoms with E-state index in [1.165, 1.54) is 18.7 Å². The number of nitrogens with one attached hydrogen (secondary N) is 1. The molecule has 0 aliphatic carbocycles. The summed E-state index contributed by atoms with van der Waals surface area (Å²) in [6.07, 6.45) is 0.782. The zero-order valence-electron chi connectivity index (χ0n) is 19.9. The molecule has 10 nitrogen and oxygen atoms in total. The number of aliphatic carboxylic acids is 1. The Morgan fingerprint density at radius 2 is 2.11 bits per heavy atom. The minimum atomic E-state index is -1.55. The fourth-order valence-electron chi connectivity index (χ4n) is 4.13. The Balaban J connectivity index is 0.00000361. The number of benzene rings is 1. The van der Waals surface area contributed by atoms with Crippen LogP contribution < -0.4 is 40.0 Å². The minimum absolute atomic E-state index is 0. The predicted octanol–water partition coefficient (Wildman–Crippen LogP) is -2.10. The number of β-lactam (4-membered cyclic amide) rings is 1. The molecule has 1 aromatic rings. The molecule has 2 amide bonds. The normalized spacial score (nSPS) is 24.1. The molecule has 4 rings (SSSR count). The number of thioether (sulfide) groups is 1. The van der Waals surface area contributed by atoms with Crippen molar-refractivity contribution in [3.8, 4) is 0 Å². The summed E-state index contributed by atoms with van der Waals surface area (Å²) in [4.78, 5) is 50.2. The second-order valence-corrected chi connectivity index (χ2v) is 9.82. The molecule has 4 atom stereocenters. The number of halogens is 1. The summed E-state index contributed by atoms with van der Waals surface area (Å²) in [6.45, 7) is 1.47. The van der Waals surface area contributed by atoms with Gasteiger partial charge in [-0.05, 0) is 37.0 Å².